The first-order valence-corrected chi connectivity index (χ1v) is 9.17. The number of aliphatic carboxylic acids is 1. The third kappa shape index (κ3) is 4.56. The number of halogens is 2. The molecule has 1 aromatic rings. The number of hydrogen-bond acceptors (Lipinski definition) is 1. The molecule has 0 saturated heterocycles. The molecule has 1 N–H and O–H groups in total. The molecule has 2 rings (SSSR count). The van der Waals surface area contributed by atoms with Crippen LogP contribution in [0.4, 0.5) is 0 Å². The number of aryl methyl sites for hydroxylation is 2. The lowest BCUT2D eigenvalue weighted by atomic mass is 9.68. The average molecular weight is 418 g/mol. The second-order valence-corrected chi connectivity index (χ2v) is 8.03. The molecule has 1 aromatic carbocycles. The maximum Gasteiger partial charge on any atom is 0.303 e. The molecular formula is C17H22Br2O2. The number of carboxylic acids is 1. The summed E-state index contributed by atoms with van der Waals surface area (Å²) in [7, 11) is 0. The van der Waals surface area contributed by atoms with Crippen LogP contribution in [-0.4, -0.2) is 11.1 Å². The van der Waals surface area contributed by atoms with Crippen molar-refractivity contribution >= 4 is 37.8 Å². The molecule has 2 nitrogen and oxygen atoms in total. The Bertz CT molecular complexity index is 520. The molecule has 1 saturated carbocycles. The van der Waals surface area contributed by atoms with Gasteiger partial charge in [0.05, 0.1) is 6.42 Å². The molecule has 1 aliphatic rings. The molecule has 0 spiro atoms. The largest absolute Gasteiger partial charge is 0.481 e. The number of rotatable bonds is 5. The summed E-state index contributed by atoms with van der Waals surface area (Å²) in [6.45, 7) is 2.08. The van der Waals surface area contributed by atoms with Crippen molar-refractivity contribution in [3.05, 3.63) is 32.2 Å². The molecule has 0 aliphatic heterocycles. The van der Waals surface area contributed by atoms with E-state index in [9.17, 15) is 9.90 Å². The molecule has 0 unspecified atom stereocenters. The van der Waals surface area contributed by atoms with Gasteiger partial charge in [0.25, 0.3) is 0 Å². The molecule has 0 bridgehead atoms. The zero-order chi connectivity index (χ0) is 15.5. The molecule has 0 atom stereocenters. The van der Waals surface area contributed by atoms with Gasteiger partial charge in [0.15, 0.2) is 0 Å². The van der Waals surface area contributed by atoms with Gasteiger partial charge in [-0.1, -0.05) is 51.1 Å². The van der Waals surface area contributed by atoms with Crippen LogP contribution in [0, 0.1) is 12.3 Å². The van der Waals surface area contributed by atoms with E-state index in [1.807, 2.05) is 0 Å². The third-order valence-corrected chi connectivity index (χ3v) is 6.29. The topological polar surface area (TPSA) is 37.3 Å². The fourth-order valence-electron chi connectivity index (χ4n) is 3.42. The Labute approximate surface area is 143 Å². The average Bonchev–Trinajstić information content (AvgIpc) is 2.42. The molecule has 0 radical (unpaired) electrons. The zero-order valence-electron chi connectivity index (χ0n) is 12.4. The molecule has 21 heavy (non-hydrogen) atoms. The summed E-state index contributed by atoms with van der Waals surface area (Å²) in [5.74, 6) is -0.652. The Balaban J connectivity index is 2.11. The zero-order valence-corrected chi connectivity index (χ0v) is 15.6. The number of carbonyl (C=O) groups is 1. The van der Waals surface area contributed by atoms with Crippen LogP contribution in [0.15, 0.2) is 21.1 Å². The fraction of sp³-hybridized carbons (Fsp3) is 0.588. The summed E-state index contributed by atoms with van der Waals surface area (Å²) >= 11 is 7.22. The molecule has 116 valence electrons. The van der Waals surface area contributed by atoms with Crippen LogP contribution in [0.5, 0.6) is 0 Å². The van der Waals surface area contributed by atoms with Gasteiger partial charge < -0.3 is 5.11 Å². The second kappa shape index (κ2) is 7.28. The standard InChI is InChI=1S/C17H22Br2O2/c1-12-9-15(19)13(10-14(12)18)5-8-17(11-16(20)21)6-3-2-4-7-17/h9-10H,2-8,11H2,1H3,(H,20,21). The van der Waals surface area contributed by atoms with Crippen LogP contribution in [0.2, 0.25) is 0 Å². The van der Waals surface area contributed by atoms with Gasteiger partial charge in [0.1, 0.15) is 0 Å². The Morgan fingerprint density at radius 1 is 1.19 bits per heavy atom. The van der Waals surface area contributed by atoms with E-state index >= 15 is 0 Å². The monoisotopic (exact) mass is 416 g/mol. The highest BCUT2D eigenvalue weighted by Gasteiger charge is 2.34. The highest BCUT2D eigenvalue weighted by atomic mass is 79.9. The molecule has 0 amide bonds. The SMILES string of the molecule is Cc1cc(Br)c(CCC2(CC(=O)O)CCCCC2)cc1Br. The van der Waals surface area contributed by atoms with E-state index in [1.165, 1.54) is 30.4 Å². The summed E-state index contributed by atoms with van der Waals surface area (Å²) in [6, 6.07) is 4.29. The highest BCUT2D eigenvalue weighted by molar-refractivity contribution is 9.11. The van der Waals surface area contributed by atoms with Crippen molar-refractivity contribution in [3.63, 3.8) is 0 Å². The van der Waals surface area contributed by atoms with Gasteiger partial charge >= 0.3 is 5.97 Å². The first-order valence-electron chi connectivity index (χ1n) is 7.58. The van der Waals surface area contributed by atoms with Crippen LogP contribution in [0.25, 0.3) is 0 Å². The first-order chi connectivity index (χ1) is 9.92. The maximum atomic E-state index is 11.2. The number of hydrogen-bond donors (Lipinski definition) is 1. The van der Waals surface area contributed by atoms with E-state index in [1.54, 1.807) is 0 Å². The van der Waals surface area contributed by atoms with E-state index in [0.29, 0.717) is 6.42 Å². The van der Waals surface area contributed by atoms with Crippen molar-refractivity contribution in [3.8, 4) is 0 Å². The van der Waals surface area contributed by atoms with Crippen molar-refractivity contribution in [2.45, 2.75) is 58.3 Å². The first kappa shape index (κ1) is 17.0. The van der Waals surface area contributed by atoms with Crippen molar-refractivity contribution in [1.82, 2.24) is 0 Å². The van der Waals surface area contributed by atoms with Crippen LogP contribution in [0.3, 0.4) is 0 Å². The molecule has 0 aromatic heterocycles. The van der Waals surface area contributed by atoms with Crippen molar-refractivity contribution in [1.29, 1.82) is 0 Å². The smallest absolute Gasteiger partial charge is 0.303 e. The van der Waals surface area contributed by atoms with E-state index < -0.39 is 5.97 Å². The second-order valence-electron chi connectivity index (χ2n) is 6.32. The number of carboxylic acid groups (broad SMARTS) is 1. The normalized spacial score (nSPS) is 17.7. The lowest BCUT2D eigenvalue weighted by molar-refractivity contribution is -0.140. The summed E-state index contributed by atoms with van der Waals surface area (Å²) in [4.78, 5) is 11.2. The Morgan fingerprint density at radius 2 is 1.86 bits per heavy atom. The van der Waals surface area contributed by atoms with E-state index in [0.717, 1.165) is 34.6 Å². The molecule has 1 fully saturated rings. The van der Waals surface area contributed by atoms with Gasteiger partial charge in [-0.2, -0.15) is 0 Å². The fourth-order valence-corrected chi connectivity index (χ4v) is 4.46. The van der Waals surface area contributed by atoms with Gasteiger partial charge in [-0.15, -0.1) is 0 Å². The van der Waals surface area contributed by atoms with Crippen molar-refractivity contribution in [2.24, 2.45) is 5.41 Å². The lowest BCUT2D eigenvalue weighted by Crippen LogP contribution is -2.28. The van der Waals surface area contributed by atoms with E-state index in [-0.39, 0.29) is 5.41 Å². The van der Waals surface area contributed by atoms with Gasteiger partial charge in [0, 0.05) is 8.95 Å². The van der Waals surface area contributed by atoms with Gasteiger partial charge in [0.2, 0.25) is 0 Å². The van der Waals surface area contributed by atoms with Crippen LogP contribution < -0.4 is 0 Å². The van der Waals surface area contributed by atoms with Gasteiger partial charge in [-0.3, -0.25) is 4.79 Å². The van der Waals surface area contributed by atoms with Gasteiger partial charge in [-0.05, 0) is 61.3 Å². The van der Waals surface area contributed by atoms with Crippen LogP contribution >= 0.6 is 31.9 Å². The lowest BCUT2D eigenvalue weighted by Gasteiger charge is -2.36. The third-order valence-electron chi connectivity index (χ3n) is 4.69. The van der Waals surface area contributed by atoms with E-state index in [2.05, 4.69) is 50.9 Å². The Kier molecular flexibility index (Phi) is 5.89. The molecular weight excluding hydrogens is 396 g/mol. The minimum absolute atomic E-state index is 0.000879. The maximum absolute atomic E-state index is 11.2. The summed E-state index contributed by atoms with van der Waals surface area (Å²) in [6.07, 6.45) is 7.94. The minimum atomic E-state index is -0.652. The molecule has 0 heterocycles. The van der Waals surface area contributed by atoms with Crippen LogP contribution in [0.1, 0.15) is 56.1 Å². The van der Waals surface area contributed by atoms with Crippen molar-refractivity contribution in [2.75, 3.05) is 0 Å². The van der Waals surface area contributed by atoms with E-state index in [4.69, 9.17) is 0 Å². The predicted octanol–water partition coefficient (Wildman–Crippen LogP) is 5.88. The van der Waals surface area contributed by atoms with Gasteiger partial charge in [-0.25, -0.2) is 0 Å². The number of benzene rings is 1. The Hall–Kier alpha value is -0.350. The summed E-state index contributed by atoms with van der Waals surface area (Å²) in [5, 5.41) is 9.25. The van der Waals surface area contributed by atoms with Crippen molar-refractivity contribution < 1.29 is 9.90 Å². The minimum Gasteiger partial charge on any atom is -0.481 e. The quantitative estimate of drug-likeness (QED) is 0.649. The van der Waals surface area contributed by atoms with Crippen LogP contribution in [-0.2, 0) is 11.2 Å². The summed E-state index contributed by atoms with van der Waals surface area (Å²) < 4.78 is 2.25. The Morgan fingerprint density at radius 3 is 2.48 bits per heavy atom. The highest BCUT2D eigenvalue weighted by Crippen LogP contribution is 2.43. The predicted molar refractivity (Wildman–Crippen MR) is 92.7 cm³/mol. The summed E-state index contributed by atoms with van der Waals surface area (Å²) in [5.41, 5.74) is 2.48. The molecule has 4 heteroatoms. The molecule has 1 aliphatic carbocycles.